The highest BCUT2D eigenvalue weighted by molar-refractivity contribution is 7.07. The molecule has 2 aromatic heterocycles. The molecule has 20 heavy (non-hydrogen) atoms. The maximum atomic E-state index is 5.74. The molecular formula is C15H16N2O2S. The molecule has 0 saturated carbocycles. The molecule has 0 spiro atoms. The SMILES string of the molecule is CC1=C(c2cccnc2)C(C)N(OCc2ccsc2)O1. The van der Waals surface area contributed by atoms with Crippen molar-refractivity contribution in [3.8, 4) is 0 Å². The van der Waals surface area contributed by atoms with E-state index in [-0.39, 0.29) is 6.04 Å². The summed E-state index contributed by atoms with van der Waals surface area (Å²) in [4.78, 5) is 15.6. The van der Waals surface area contributed by atoms with E-state index in [0.717, 1.165) is 22.5 Å². The van der Waals surface area contributed by atoms with Crippen LogP contribution in [0.2, 0.25) is 0 Å². The van der Waals surface area contributed by atoms with Crippen molar-refractivity contribution >= 4 is 16.9 Å². The van der Waals surface area contributed by atoms with Crippen LogP contribution in [0.15, 0.2) is 47.1 Å². The largest absolute Gasteiger partial charge is 0.384 e. The van der Waals surface area contributed by atoms with Gasteiger partial charge in [-0.25, -0.2) is 0 Å². The molecule has 1 unspecified atom stereocenters. The highest BCUT2D eigenvalue weighted by Crippen LogP contribution is 2.33. The lowest BCUT2D eigenvalue weighted by Gasteiger charge is -2.20. The molecule has 0 saturated heterocycles. The third kappa shape index (κ3) is 2.60. The van der Waals surface area contributed by atoms with Gasteiger partial charge in [0.2, 0.25) is 0 Å². The minimum absolute atomic E-state index is 0.0397. The summed E-state index contributed by atoms with van der Waals surface area (Å²) in [6, 6.07) is 6.05. The first-order valence-corrected chi connectivity index (χ1v) is 7.42. The molecule has 0 aliphatic carbocycles. The molecule has 0 fully saturated rings. The Bertz CT molecular complexity index is 596. The molecule has 0 aromatic carbocycles. The normalized spacial score (nSPS) is 19.4. The van der Waals surface area contributed by atoms with Crippen molar-refractivity contribution < 1.29 is 9.68 Å². The van der Waals surface area contributed by atoms with Gasteiger partial charge >= 0.3 is 0 Å². The van der Waals surface area contributed by atoms with Crippen LogP contribution in [0.5, 0.6) is 0 Å². The topological polar surface area (TPSA) is 34.6 Å². The van der Waals surface area contributed by atoms with Crippen molar-refractivity contribution in [2.24, 2.45) is 0 Å². The molecule has 104 valence electrons. The van der Waals surface area contributed by atoms with Crippen LogP contribution in [-0.2, 0) is 16.3 Å². The smallest absolute Gasteiger partial charge is 0.130 e. The van der Waals surface area contributed by atoms with E-state index in [4.69, 9.17) is 9.68 Å². The number of allylic oxidation sites excluding steroid dienone is 1. The Morgan fingerprint density at radius 2 is 2.35 bits per heavy atom. The van der Waals surface area contributed by atoms with Gasteiger partial charge in [-0.2, -0.15) is 11.3 Å². The number of aromatic nitrogens is 1. The zero-order valence-corrected chi connectivity index (χ0v) is 12.3. The van der Waals surface area contributed by atoms with Gasteiger partial charge in [-0.15, -0.1) is 0 Å². The van der Waals surface area contributed by atoms with Crippen LogP contribution in [0.1, 0.15) is 25.0 Å². The first-order chi connectivity index (χ1) is 9.75. The number of pyridine rings is 1. The standard InChI is InChI=1S/C15H16N2O2S/c1-11-15(14-4-3-6-16-8-14)12(2)19-17(11)18-9-13-5-7-20-10-13/h3-8,10-11H,9H2,1-2H3. The van der Waals surface area contributed by atoms with Gasteiger partial charge in [0, 0.05) is 23.5 Å². The van der Waals surface area contributed by atoms with Crippen molar-refractivity contribution in [1.29, 1.82) is 0 Å². The summed E-state index contributed by atoms with van der Waals surface area (Å²) in [5.41, 5.74) is 3.33. The van der Waals surface area contributed by atoms with Gasteiger partial charge < -0.3 is 4.84 Å². The lowest BCUT2D eigenvalue weighted by atomic mass is 10.0. The Kier molecular flexibility index (Phi) is 3.82. The molecule has 0 bridgehead atoms. The number of nitrogens with zero attached hydrogens (tertiary/aromatic N) is 2. The van der Waals surface area contributed by atoms with Crippen LogP contribution < -0.4 is 0 Å². The van der Waals surface area contributed by atoms with Crippen molar-refractivity contribution in [2.45, 2.75) is 26.5 Å². The molecular weight excluding hydrogens is 272 g/mol. The van der Waals surface area contributed by atoms with Crippen molar-refractivity contribution in [3.05, 3.63) is 58.2 Å². The van der Waals surface area contributed by atoms with E-state index in [9.17, 15) is 0 Å². The first-order valence-electron chi connectivity index (χ1n) is 6.48. The van der Waals surface area contributed by atoms with Crippen LogP contribution in [0.25, 0.3) is 5.57 Å². The Labute approximate surface area is 122 Å². The third-order valence-electron chi connectivity index (χ3n) is 3.25. The monoisotopic (exact) mass is 288 g/mol. The van der Waals surface area contributed by atoms with Gasteiger partial charge in [-0.3, -0.25) is 9.82 Å². The van der Waals surface area contributed by atoms with Gasteiger partial charge in [-0.1, -0.05) is 6.07 Å². The van der Waals surface area contributed by atoms with Gasteiger partial charge in [-0.05, 0) is 47.5 Å². The average molecular weight is 288 g/mol. The Hall–Kier alpha value is -1.69. The van der Waals surface area contributed by atoms with E-state index in [1.54, 1.807) is 22.8 Å². The fourth-order valence-electron chi connectivity index (χ4n) is 2.28. The Morgan fingerprint density at radius 1 is 1.45 bits per heavy atom. The lowest BCUT2D eigenvalue weighted by Crippen LogP contribution is -2.28. The molecule has 3 heterocycles. The molecule has 4 nitrogen and oxygen atoms in total. The van der Waals surface area contributed by atoms with Crippen molar-refractivity contribution in [3.63, 3.8) is 0 Å². The van der Waals surface area contributed by atoms with Crippen LogP contribution >= 0.6 is 11.3 Å². The fourth-order valence-corrected chi connectivity index (χ4v) is 2.93. The van der Waals surface area contributed by atoms with Gasteiger partial charge in [0.1, 0.15) is 11.8 Å². The zero-order valence-electron chi connectivity index (χ0n) is 11.4. The molecule has 5 heteroatoms. The van der Waals surface area contributed by atoms with E-state index in [1.165, 1.54) is 0 Å². The summed E-state index contributed by atoms with van der Waals surface area (Å²) in [6.45, 7) is 4.53. The maximum absolute atomic E-state index is 5.74. The number of hydroxylamine groups is 2. The number of hydrogen-bond acceptors (Lipinski definition) is 5. The summed E-state index contributed by atoms with van der Waals surface area (Å²) in [5, 5.41) is 5.68. The highest BCUT2D eigenvalue weighted by atomic mass is 32.1. The minimum atomic E-state index is 0.0397. The van der Waals surface area contributed by atoms with Crippen LogP contribution in [-0.4, -0.2) is 16.3 Å². The van der Waals surface area contributed by atoms with E-state index in [1.807, 2.05) is 36.7 Å². The molecule has 1 aliphatic heterocycles. The third-order valence-corrected chi connectivity index (χ3v) is 3.98. The van der Waals surface area contributed by atoms with Gasteiger partial charge in [0.25, 0.3) is 0 Å². The molecule has 0 N–H and O–H groups in total. The molecule has 1 atom stereocenters. The predicted molar refractivity (Wildman–Crippen MR) is 78.3 cm³/mol. The summed E-state index contributed by atoms with van der Waals surface area (Å²) in [6.07, 6.45) is 3.62. The van der Waals surface area contributed by atoms with Crippen LogP contribution in [0.3, 0.4) is 0 Å². The zero-order chi connectivity index (χ0) is 13.9. The number of rotatable bonds is 4. The summed E-state index contributed by atoms with van der Waals surface area (Å²) in [5.74, 6) is 0.857. The Morgan fingerprint density at radius 3 is 3.05 bits per heavy atom. The summed E-state index contributed by atoms with van der Waals surface area (Å²) < 4.78 is 0. The maximum Gasteiger partial charge on any atom is 0.130 e. The molecule has 0 amide bonds. The minimum Gasteiger partial charge on any atom is -0.384 e. The van der Waals surface area contributed by atoms with Crippen LogP contribution in [0.4, 0.5) is 0 Å². The Balaban J connectivity index is 1.70. The van der Waals surface area contributed by atoms with E-state index >= 15 is 0 Å². The van der Waals surface area contributed by atoms with E-state index in [0.29, 0.717) is 6.61 Å². The van der Waals surface area contributed by atoms with Crippen LogP contribution in [0, 0.1) is 0 Å². The highest BCUT2D eigenvalue weighted by Gasteiger charge is 2.31. The van der Waals surface area contributed by atoms with Crippen molar-refractivity contribution in [2.75, 3.05) is 0 Å². The lowest BCUT2D eigenvalue weighted by molar-refractivity contribution is -0.354. The second-order valence-corrected chi connectivity index (χ2v) is 5.45. The van der Waals surface area contributed by atoms with Gasteiger partial charge in [0.15, 0.2) is 0 Å². The molecule has 3 rings (SSSR count). The second-order valence-electron chi connectivity index (χ2n) is 4.67. The van der Waals surface area contributed by atoms with E-state index < -0.39 is 0 Å². The number of hydrogen-bond donors (Lipinski definition) is 0. The summed E-state index contributed by atoms with van der Waals surface area (Å²) in [7, 11) is 0. The molecule has 1 aliphatic rings. The molecule has 2 aromatic rings. The molecule has 0 radical (unpaired) electrons. The fraction of sp³-hybridized carbons (Fsp3) is 0.267. The quantitative estimate of drug-likeness (QED) is 0.860. The summed E-state index contributed by atoms with van der Waals surface area (Å²) >= 11 is 1.66. The average Bonchev–Trinajstić information content (AvgIpc) is 3.06. The first kappa shape index (κ1) is 13.3. The van der Waals surface area contributed by atoms with Gasteiger partial charge in [0.05, 0.1) is 6.61 Å². The van der Waals surface area contributed by atoms with E-state index in [2.05, 4.69) is 17.3 Å². The number of thiophene rings is 1. The van der Waals surface area contributed by atoms with Crippen molar-refractivity contribution in [1.82, 2.24) is 10.2 Å². The predicted octanol–water partition coefficient (Wildman–Crippen LogP) is 3.64. The second kappa shape index (κ2) is 5.75.